The summed E-state index contributed by atoms with van der Waals surface area (Å²) in [4.78, 5) is 27.3. The highest BCUT2D eigenvalue weighted by Gasteiger charge is 2.28. The van der Waals surface area contributed by atoms with E-state index < -0.39 is 6.10 Å². The fourth-order valence-corrected chi connectivity index (χ4v) is 5.59. The van der Waals surface area contributed by atoms with Crippen LogP contribution in [0.5, 0.6) is 5.75 Å². The van der Waals surface area contributed by atoms with Crippen LogP contribution in [0.4, 0.5) is 5.00 Å². The van der Waals surface area contributed by atoms with Gasteiger partial charge in [-0.1, -0.05) is 12.1 Å². The number of nitrogens with one attached hydrogen (secondary N) is 2. The Hall–Kier alpha value is -2.38. The van der Waals surface area contributed by atoms with E-state index in [-0.39, 0.29) is 17.9 Å². The molecule has 2 aromatic rings. The quantitative estimate of drug-likeness (QED) is 0.640. The van der Waals surface area contributed by atoms with Gasteiger partial charge in [0.1, 0.15) is 10.8 Å². The van der Waals surface area contributed by atoms with Gasteiger partial charge in [0, 0.05) is 18.0 Å². The van der Waals surface area contributed by atoms with Gasteiger partial charge in [0.2, 0.25) is 0 Å². The number of aryl methyl sites for hydroxylation is 2. The van der Waals surface area contributed by atoms with E-state index in [0.717, 1.165) is 61.8 Å². The maximum atomic E-state index is 13.1. The minimum atomic E-state index is -0.683. The molecule has 1 aliphatic heterocycles. The third-order valence-corrected chi connectivity index (χ3v) is 7.58. The van der Waals surface area contributed by atoms with Crippen molar-refractivity contribution >= 4 is 28.2 Å². The molecule has 0 saturated carbocycles. The Morgan fingerprint density at radius 1 is 1.22 bits per heavy atom. The summed E-state index contributed by atoms with van der Waals surface area (Å²) in [7, 11) is 0. The molecule has 7 heteroatoms. The second-order valence-electron chi connectivity index (χ2n) is 8.71. The van der Waals surface area contributed by atoms with E-state index >= 15 is 0 Å². The van der Waals surface area contributed by atoms with Gasteiger partial charge in [-0.15, -0.1) is 11.3 Å². The smallest absolute Gasteiger partial charge is 0.265 e. The molecule has 2 atom stereocenters. The highest BCUT2D eigenvalue weighted by molar-refractivity contribution is 7.17. The number of hydrogen-bond acceptors (Lipinski definition) is 5. The molecule has 0 spiro atoms. The van der Waals surface area contributed by atoms with Gasteiger partial charge in [-0.25, -0.2) is 0 Å². The van der Waals surface area contributed by atoms with Crippen LogP contribution in [-0.2, 0) is 22.4 Å². The average molecular weight is 457 g/mol. The minimum Gasteiger partial charge on any atom is -0.481 e. The van der Waals surface area contributed by atoms with Crippen LogP contribution < -0.4 is 15.4 Å². The van der Waals surface area contributed by atoms with Crippen molar-refractivity contribution in [3.8, 4) is 5.75 Å². The number of anilines is 1. The van der Waals surface area contributed by atoms with Gasteiger partial charge in [-0.2, -0.15) is 0 Å². The lowest BCUT2D eigenvalue weighted by molar-refractivity contribution is -0.122. The van der Waals surface area contributed by atoms with Gasteiger partial charge in [0.25, 0.3) is 11.8 Å². The van der Waals surface area contributed by atoms with E-state index in [4.69, 9.17) is 9.47 Å². The summed E-state index contributed by atoms with van der Waals surface area (Å²) in [5.74, 6) is 0.323. The van der Waals surface area contributed by atoms with E-state index in [2.05, 4.69) is 10.6 Å². The summed E-state index contributed by atoms with van der Waals surface area (Å²) in [6, 6.07) is 5.82. The molecule has 172 valence electrons. The maximum absolute atomic E-state index is 13.1. The number of carbonyl (C=O) groups is 2. The molecular weight excluding hydrogens is 424 g/mol. The molecular formula is C25H32N2O4S. The number of amides is 2. The van der Waals surface area contributed by atoms with Crippen LogP contribution in [0, 0.1) is 13.8 Å². The lowest BCUT2D eigenvalue weighted by Crippen LogP contribution is -2.34. The maximum Gasteiger partial charge on any atom is 0.265 e. The molecule has 0 bridgehead atoms. The van der Waals surface area contributed by atoms with Crippen LogP contribution in [0.15, 0.2) is 18.2 Å². The predicted octanol–water partition coefficient (Wildman–Crippen LogP) is 4.56. The standard InChI is InChI=1S/C25H32N2O4S/c1-15-8-6-11-20(16(15)2)31-17(3)23(28)27-25-22(19-10-4-5-12-21(19)32-25)24(29)26-14-18-9-7-13-30-18/h6,8,11,17-18H,4-5,7,9-10,12-14H2,1-3H3,(H,26,29)(H,27,28). The number of carbonyl (C=O) groups excluding carboxylic acids is 2. The molecule has 1 aliphatic carbocycles. The summed E-state index contributed by atoms with van der Waals surface area (Å²) in [6.07, 6.45) is 5.41. The monoisotopic (exact) mass is 456 g/mol. The van der Waals surface area contributed by atoms with Crippen molar-refractivity contribution in [1.29, 1.82) is 0 Å². The molecule has 2 amide bonds. The topological polar surface area (TPSA) is 76.7 Å². The van der Waals surface area contributed by atoms with Gasteiger partial charge in [-0.05, 0) is 82.1 Å². The Morgan fingerprint density at radius 2 is 2.03 bits per heavy atom. The van der Waals surface area contributed by atoms with Crippen LogP contribution in [0.2, 0.25) is 0 Å². The van der Waals surface area contributed by atoms with E-state index in [1.807, 2.05) is 32.0 Å². The van der Waals surface area contributed by atoms with E-state index in [0.29, 0.717) is 22.9 Å². The molecule has 0 radical (unpaired) electrons. The van der Waals surface area contributed by atoms with Gasteiger partial charge < -0.3 is 20.1 Å². The van der Waals surface area contributed by atoms with Gasteiger partial charge in [0.15, 0.2) is 6.10 Å². The zero-order valence-corrected chi connectivity index (χ0v) is 19.9. The van der Waals surface area contributed by atoms with Gasteiger partial charge in [-0.3, -0.25) is 9.59 Å². The van der Waals surface area contributed by atoms with Crippen molar-refractivity contribution in [3.05, 3.63) is 45.3 Å². The van der Waals surface area contributed by atoms with Crippen LogP contribution in [0.3, 0.4) is 0 Å². The summed E-state index contributed by atoms with van der Waals surface area (Å²) < 4.78 is 11.6. The Labute approximate surface area is 193 Å². The summed E-state index contributed by atoms with van der Waals surface area (Å²) in [5.41, 5.74) is 3.85. The lowest BCUT2D eigenvalue weighted by Gasteiger charge is -2.18. The SMILES string of the molecule is Cc1cccc(OC(C)C(=O)Nc2sc3c(c2C(=O)NCC2CCCO2)CCCC3)c1C. The fraction of sp³-hybridized carbons (Fsp3) is 0.520. The second-order valence-corrected chi connectivity index (χ2v) is 9.81. The number of benzene rings is 1. The van der Waals surface area contributed by atoms with Crippen molar-refractivity contribution in [1.82, 2.24) is 5.32 Å². The number of fused-ring (bicyclic) bond motifs is 1. The third kappa shape index (κ3) is 4.99. The molecule has 2 aliphatic rings. The van der Waals surface area contributed by atoms with Crippen LogP contribution in [-0.4, -0.2) is 37.2 Å². The van der Waals surface area contributed by atoms with E-state index in [1.54, 1.807) is 6.92 Å². The first-order valence-corrected chi connectivity index (χ1v) is 12.3. The zero-order chi connectivity index (χ0) is 22.7. The van der Waals surface area contributed by atoms with Crippen molar-refractivity contribution in [2.75, 3.05) is 18.5 Å². The number of rotatable bonds is 7. The summed E-state index contributed by atoms with van der Waals surface area (Å²) >= 11 is 1.53. The highest BCUT2D eigenvalue weighted by atomic mass is 32.1. The molecule has 1 aromatic carbocycles. The van der Waals surface area contributed by atoms with Crippen molar-refractivity contribution < 1.29 is 19.1 Å². The van der Waals surface area contributed by atoms with Crippen LogP contribution in [0.25, 0.3) is 0 Å². The summed E-state index contributed by atoms with van der Waals surface area (Å²) in [5, 5.41) is 6.65. The average Bonchev–Trinajstić information content (AvgIpc) is 3.42. The van der Waals surface area contributed by atoms with Crippen molar-refractivity contribution in [2.24, 2.45) is 0 Å². The molecule has 2 N–H and O–H groups in total. The Kier molecular flexibility index (Phi) is 7.16. The number of ether oxygens (including phenoxy) is 2. The minimum absolute atomic E-state index is 0.0810. The molecule has 32 heavy (non-hydrogen) atoms. The molecule has 1 saturated heterocycles. The second kappa shape index (κ2) is 10.0. The predicted molar refractivity (Wildman–Crippen MR) is 127 cm³/mol. The third-order valence-electron chi connectivity index (χ3n) is 6.38. The van der Waals surface area contributed by atoms with Crippen molar-refractivity contribution in [2.45, 2.75) is 71.5 Å². The van der Waals surface area contributed by atoms with Crippen LogP contribution >= 0.6 is 11.3 Å². The molecule has 2 unspecified atom stereocenters. The number of thiophene rings is 1. The number of hydrogen-bond donors (Lipinski definition) is 2. The van der Waals surface area contributed by atoms with Gasteiger partial charge >= 0.3 is 0 Å². The molecule has 1 aromatic heterocycles. The molecule has 1 fully saturated rings. The van der Waals surface area contributed by atoms with E-state index in [9.17, 15) is 9.59 Å². The fourth-order valence-electron chi connectivity index (χ4n) is 4.30. The van der Waals surface area contributed by atoms with E-state index in [1.165, 1.54) is 16.2 Å². The molecule has 2 heterocycles. The Bertz CT molecular complexity index is 994. The Balaban J connectivity index is 1.49. The normalized spacial score (nSPS) is 18.7. The van der Waals surface area contributed by atoms with Gasteiger partial charge in [0.05, 0.1) is 11.7 Å². The zero-order valence-electron chi connectivity index (χ0n) is 19.1. The van der Waals surface area contributed by atoms with Crippen molar-refractivity contribution in [3.63, 3.8) is 0 Å². The first-order valence-electron chi connectivity index (χ1n) is 11.5. The molecule has 4 rings (SSSR count). The first-order chi connectivity index (χ1) is 15.4. The first kappa shape index (κ1) is 22.8. The largest absolute Gasteiger partial charge is 0.481 e. The lowest BCUT2D eigenvalue weighted by atomic mass is 9.95. The highest BCUT2D eigenvalue weighted by Crippen LogP contribution is 2.38. The molecule has 6 nitrogen and oxygen atoms in total. The van der Waals surface area contributed by atoms with Crippen LogP contribution in [0.1, 0.15) is 64.5 Å². The summed E-state index contributed by atoms with van der Waals surface area (Å²) in [6.45, 7) is 7.00. The Morgan fingerprint density at radius 3 is 2.81 bits per heavy atom.